The van der Waals surface area contributed by atoms with Gasteiger partial charge in [0.25, 0.3) is 5.91 Å². The Balaban J connectivity index is 1.40. The van der Waals surface area contributed by atoms with E-state index in [1.54, 1.807) is 61.1 Å². The van der Waals surface area contributed by atoms with Crippen LogP contribution < -0.4 is 10.6 Å². The zero-order valence-corrected chi connectivity index (χ0v) is 19.3. The van der Waals surface area contributed by atoms with Crippen LogP contribution in [0.15, 0.2) is 82.8 Å². The van der Waals surface area contributed by atoms with E-state index in [0.717, 1.165) is 11.3 Å². The number of nitrogens with one attached hydrogen (secondary N) is 2. The number of anilines is 1. The van der Waals surface area contributed by atoms with Crippen molar-refractivity contribution in [1.29, 1.82) is 0 Å². The number of carbonyl (C=O) groups is 2. The van der Waals surface area contributed by atoms with Gasteiger partial charge in [0.05, 0.1) is 18.6 Å². The third-order valence-corrected chi connectivity index (χ3v) is 6.00. The zero-order valence-electron chi connectivity index (χ0n) is 17.7. The van der Waals surface area contributed by atoms with Crippen LogP contribution in [0.5, 0.6) is 0 Å². The van der Waals surface area contributed by atoms with Gasteiger partial charge < -0.3 is 15.1 Å². The minimum atomic E-state index is -0.209. The molecule has 2 heterocycles. The van der Waals surface area contributed by atoms with Gasteiger partial charge in [-0.15, -0.1) is 0 Å². The van der Waals surface area contributed by atoms with Crippen molar-refractivity contribution in [1.82, 2.24) is 14.9 Å². The van der Waals surface area contributed by atoms with Gasteiger partial charge in [-0.05, 0) is 55.0 Å². The Morgan fingerprint density at radius 1 is 1.15 bits per heavy atom. The highest BCUT2D eigenvalue weighted by molar-refractivity contribution is 7.99. The minimum absolute atomic E-state index is 0.161. The number of thioether (sulfide) groups is 1. The maximum Gasteiger partial charge on any atom is 0.251 e. The van der Waals surface area contributed by atoms with Gasteiger partial charge in [0.1, 0.15) is 5.76 Å². The van der Waals surface area contributed by atoms with Crippen LogP contribution in [0.3, 0.4) is 0 Å². The molecule has 0 saturated heterocycles. The van der Waals surface area contributed by atoms with Gasteiger partial charge in [-0.25, -0.2) is 4.98 Å². The van der Waals surface area contributed by atoms with Crippen molar-refractivity contribution >= 4 is 40.9 Å². The van der Waals surface area contributed by atoms with E-state index in [-0.39, 0.29) is 17.6 Å². The van der Waals surface area contributed by atoms with Gasteiger partial charge >= 0.3 is 0 Å². The molecule has 0 aliphatic rings. The number of furan rings is 1. The van der Waals surface area contributed by atoms with Crippen molar-refractivity contribution in [2.75, 3.05) is 11.1 Å². The van der Waals surface area contributed by atoms with Crippen LogP contribution in [0.2, 0.25) is 5.02 Å². The number of imidazole rings is 1. The first-order chi connectivity index (χ1) is 16.0. The van der Waals surface area contributed by atoms with Gasteiger partial charge in [-0.2, -0.15) is 0 Å². The first kappa shape index (κ1) is 22.7. The van der Waals surface area contributed by atoms with Crippen LogP contribution >= 0.6 is 23.4 Å². The fraction of sp³-hybridized carbons (Fsp3) is 0.125. The third kappa shape index (κ3) is 5.85. The predicted octanol–water partition coefficient (Wildman–Crippen LogP) is 5.09. The molecule has 0 radical (unpaired) electrons. The molecular weight excluding hydrogens is 460 g/mol. The summed E-state index contributed by atoms with van der Waals surface area (Å²) in [7, 11) is 0. The highest BCUT2D eigenvalue weighted by Gasteiger charge is 2.13. The number of aromatic nitrogens is 2. The summed E-state index contributed by atoms with van der Waals surface area (Å²) in [5, 5.41) is 6.92. The average Bonchev–Trinajstić information content (AvgIpc) is 3.51. The molecule has 0 aliphatic heterocycles. The lowest BCUT2D eigenvalue weighted by Gasteiger charge is -2.11. The van der Waals surface area contributed by atoms with Crippen molar-refractivity contribution in [3.8, 4) is 5.69 Å². The summed E-state index contributed by atoms with van der Waals surface area (Å²) in [5.41, 5.74) is 2.90. The number of benzene rings is 2. The monoisotopic (exact) mass is 480 g/mol. The van der Waals surface area contributed by atoms with Crippen molar-refractivity contribution in [3.05, 3.63) is 95.2 Å². The number of hydrogen-bond donors (Lipinski definition) is 2. The van der Waals surface area contributed by atoms with E-state index in [1.165, 1.54) is 11.8 Å². The van der Waals surface area contributed by atoms with Gasteiger partial charge in [0.2, 0.25) is 5.91 Å². The highest BCUT2D eigenvalue weighted by Crippen LogP contribution is 2.23. The molecule has 0 aliphatic carbocycles. The van der Waals surface area contributed by atoms with Crippen molar-refractivity contribution in [2.24, 2.45) is 0 Å². The SMILES string of the molecule is Cc1ccc(Cl)cc1NC(=O)CSc1nccn1-c1cccc(C(=O)NCc2ccco2)c1. The van der Waals surface area contributed by atoms with Crippen molar-refractivity contribution < 1.29 is 14.0 Å². The Morgan fingerprint density at radius 3 is 2.85 bits per heavy atom. The molecule has 0 atom stereocenters. The Bertz CT molecular complexity index is 1270. The summed E-state index contributed by atoms with van der Waals surface area (Å²) < 4.78 is 7.08. The summed E-state index contributed by atoms with van der Waals surface area (Å²) in [6.07, 6.45) is 5.02. The van der Waals surface area contributed by atoms with E-state index < -0.39 is 0 Å². The molecular formula is C24H21ClN4O3S. The molecule has 0 spiro atoms. The number of amides is 2. The van der Waals surface area contributed by atoms with Gasteiger partial charge in [0, 0.05) is 34.4 Å². The fourth-order valence-electron chi connectivity index (χ4n) is 3.12. The quantitative estimate of drug-likeness (QED) is 0.343. The van der Waals surface area contributed by atoms with Crippen LogP contribution in [0.4, 0.5) is 5.69 Å². The molecule has 4 rings (SSSR count). The first-order valence-electron chi connectivity index (χ1n) is 10.1. The summed E-state index contributed by atoms with van der Waals surface area (Å²) in [6.45, 7) is 2.22. The third-order valence-electron chi connectivity index (χ3n) is 4.80. The van der Waals surface area contributed by atoms with E-state index in [1.807, 2.05) is 23.6 Å². The largest absolute Gasteiger partial charge is 0.467 e. The molecule has 7 nitrogen and oxygen atoms in total. The molecule has 33 heavy (non-hydrogen) atoms. The molecule has 0 unspecified atom stereocenters. The number of aryl methyl sites for hydroxylation is 1. The lowest BCUT2D eigenvalue weighted by Crippen LogP contribution is -2.22. The van der Waals surface area contributed by atoms with Crippen LogP contribution in [0.1, 0.15) is 21.7 Å². The van der Waals surface area contributed by atoms with Gasteiger partial charge in [-0.3, -0.25) is 14.2 Å². The van der Waals surface area contributed by atoms with Crippen LogP contribution in [0.25, 0.3) is 5.69 Å². The molecule has 2 N–H and O–H groups in total. The van der Waals surface area contributed by atoms with Gasteiger partial charge in [0.15, 0.2) is 5.16 Å². The molecule has 4 aromatic rings. The molecule has 0 saturated carbocycles. The van der Waals surface area contributed by atoms with E-state index in [2.05, 4.69) is 15.6 Å². The number of hydrogen-bond acceptors (Lipinski definition) is 5. The Kier molecular flexibility index (Phi) is 7.16. The standard InChI is InChI=1S/C24H21ClN4O3S/c1-16-7-8-18(25)13-21(16)28-22(30)15-33-24-26-9-10-29(24)19-5-2-4-17(12-19)23(31)27-14-20-6-3-11-32-20/h2-13H,14-15H2,1H3,(H,27,31)(H,28,30). The molecule has 168 valence electrons. The highest BCUT2D eigenvalue weighted by atomic mass is 35.5. The average molecular weight is 481 g/mol. The zero-order chi connectivity index (χ0) is 23.2. The number of halogens is 1. The lowest BCUT2D eigenvalue weighted by molar-refractivity contribution is -0.113. The molecule has 2 amide bonds. The second-order valence-corrected chi connectivity index (χ2v) is 8.57. The van der Waals surface area contributed by atoms with E-state index in [0.29, 0.717) is 33.7 Å². The molecule has 0 bridgehead atoms. The second-order valence-electron chi connectivity index (χ2n) is 7.19. The van der Waals surface area contributed by atoms with E-state index in [9.17, 15) is 9.59 Å². The fourth-order valence-corrected chi connectivity index (χ4v) is 4.06. The smallest absolute Gasteiger partial charge is 0.251 e. The summed E-state index contributed by atoms with van der Waals surface area (Å²) in [5.74, 6) is 0.482. The van der Waals surface area contributed by atoms with E-state index >= 15 is 0 Å². The maximum atomic E-state index is 12.5. The molecule has 0 fully saturated rings. The summed E-state index contributed by atoms with van der Waals surface area (Å²) in [4.78, 5) is 29.4. The predicted molar refractivity (Wildman–Crippen MR) is 129 cm³/mol. The number of nitrogens with zero attached hydrogens (tertiary/aromatic N) is 2. The van der Waals surface area contributed by atoms with Crippen LogP contribution in [-0.2, 0) is 11.3 Å². The molecule has 2 aromatic carbocycles. The van der Waals surface area contributed by atoms with Crippen LogP contribution in [-0.4, -0.2) is 27.1 Å². The number of rotatable bonds is 8. The Hall–Kier alpha value is -3.49. The first-order valence-corrected chi connectivity index (χ1v) is 11.5. The topological polar surface area (TPSA) is 89.2 Å². The minimum Gasteiger partial charge on any atom is -0.467 e. The van der Waals surface area contributed by atoms with Crippen LogP contribution in [0, 0.1) is 6.92 Å². The second kappa shape index (κ2) is 10.4. The van der Waals surface area contributed by atoms with E-state index in [4.69, 9.17) is 16.0 Å². The summed E-state index contributed by atoms with van der Waals surface area (Å²) >= 11 is 7.33. The Labute approximate surface area is 200 Å². The maximum absolute atomic E-state index is 12.5. The lowest BCUT2D eigenvalue weighted by atomic mass is 10.2. The normalized spacial score (nSPS) is 10.7. The number of carbonyl (C=O) groups excluding carboxylic acids is 2. The van der Waals surface area contributed by atoms with Crippen molar-refractivity contribution in [2.45, 2.75) is 18.6 Å². The van der Waals surface area contributed by atoms with Crippen molar-refractivity contribution in [3.63, 3.8) is 0 Å². The van der Waals surface area contributed by atoms with Gasteiger partial charge in [-0.1, -0.05) is 35.5 Å². The summed E-state index contributed by atoms with van der Waals surface area (Å²) in [6, 6.07) is 16.1. The molecule has 2 aromatic heterocycles. The molecule has 9 heteroatoms. The Morgan fingerprint density at radius 2 is 2.03 bits per heavy atom.